The quantitative estimate of drug-likeness (QED) is 0.165. The highest BCUT2D eigenvalue weighted by Gasteiger charge is 2.27. The van der Waals surface area contributed by atoms with E-state index in [0.717, 1.165) is 70.6 Å². The van der Waals surface area contributed by atoms with Crippen molar-refractivity contribution >= 4 is 45.9 Å². The number of ether oxygens (including phenoxy) is 1. The molecule has 5 aromatic rings. The van der Waals surface area contributed by atoms with Crippen molar-refractivity contribution in [1.29, 1.82) is 0 Å². The van der Waals surface area contributed by atoms with Crippen LogP contribution in [0.15, 0.2) is 42.9 Å². The summed E-state index contributed by atoms with van der Waals surface area (Å²) in [6, 6.07) is 8.28. The zero-order valence-electron chi connectivity index (χ0n) is 27.3. The third kappa shape index (κ3) is 6.68. The fraction of sp³-hybridized carbons (Fsp3) is 0.394. The van der Waals surface area contributed by atoms with Crippen LogP contribution < -0.4 is 25.6 Å². The SMILES string of the molecule is Cc1cnc(Nc2cc(C)n(C)n2)nc1-c1c[nH]c2c(NC(=O)CN3CC[C@H](Oc4ccnc(NC5CC5)n4)C3)c(N(C)C)ccc12. The van der Waals surface area contributed by atoms with E-state index in [1.54, 1.807) is 23.1 Å². The summed E-state index contributed by atoms with van der Waals surface area (Å²) < 4.78 is 7.96. The number of likely N-dealkylation sites (tertiary alicyclic amines) is 1. The smallest absolute Gasteiger partial charge is 0.238 e. The Bertz CT molecular complexity index is 1910. The molecular weight excluding hydrogens is 596 g/mol. The fourth-order valence-corrected chi connectivity index (χ4v) is 5.87. The molecule has 47 heavy (non-hydrogen) atoms. The Kier molecular flexibility index (Phi) is 8.10. The zero-order chi connectivity index (χ0) is 32.7. The van der Waals surface area contributed by atoms with Gasteiger partial charge in [-0.2, -0.15) is 10.1 Å². The minimum absolute atomic E-state index is 0.0459. The molecule has 0 spiro atoms. The number of nitrogens with one attached hydrogen (secondary N) is 4. The molecule has 2 aliphatic rings. The van der Waals surface area contributed by atoms with E-state index >= 15 is 0 Å². The Morgan fingerprint density at radius 3 is 2.72 bits per heavy atom. The lowest BCUT2D eigenvalue weighted by Crippen LogP contribution is -2.33. The van der Waals surface area contributed by atoms with Gasteiger partial charge in [0.05, 0.1) is 29.1 Å². The summed E-state index contributed by atoms with van der Waals surface area (Å²) in [4.78, 5) is 39.2. The van der Waals surface area contributed by atoms with Gasteiger partial charge in [-0.05, 0) is 50.8 Å². The largest absolute Gasteiger partial charge is 0.473 e. The third-order valence-electron chi connectivity index (χ3n) is 8.59. The molecule has 5 heterocycles. The third-order valence-corrected chi connectivity index (χ3v) is 8.59. The fourth-order valence-electron chi connectivity index (χ4n) is 5.87. The number of fused-ring (bicyclic) bond motifs is 1. The molecule has 1 aromatic carbocycles. The number of anilines is 5. The van der Waals surface area contributed by atoms with E-state index in [2.05, 4.69) is 52.0 Å². The number of aromatic amines is 1. The summed E-state index contributed by atoms with van der Waals surface area (Å²) in [5.41, 5.74) is 6.11. The molecule has 4 N–H and O–H groups in total. The maximum absolute atomic E-state index is 13.5. The standard InChI is InChI=1S/C33H40N12O2/c1-19-15-36-33(38-26-14-20(2)44(5)42-26)41-29(19)24-16-35-30-23(24)8-9-25(43(3)4)31(30)39-27(46)18-45-13-11-22(17-45)47-28-10-12-34-32(40-28)37-21-6-7-21/h8-10,12,14-16,21-22,35H,6-7,11,13,17-18H2,1-5H3,(H,39,46)(H,34,37,40)(H,36,38,41,42)/t22-/m0/s1. The van der Waals surface area contributed by atoms with E-state index < -0.39 is 0 Å². The maximum atomic E-state index is 13.5. The van der Waals surface area contributed by atoms with Crippen LogP contribution in [-0.2, 0) is 11.8 Å². The molecule has 1 amide bonds. The molecule has 4 aromatic heterocycles. The van der Waals surface area contributed by atoms with Crippen LogP contribution in [0.2, 0.25) is 0 Å². The number of hydrogen-bond donors (Lipinski definition) is 4. The number of aromatic nitrogens is 7. The second-order valence-electron chi connectivity index (χ2n) is 12.6. The lowest BCUT2D eigenvalue weighted by molar-refractivity contribution is -0.117. The Morgan fingerprint density at radius 1 is 1.11 bits per heavy atom. The number of aryl methyl sites for hydroxylation is 3. The van der Waals surface area contributed by atoms with E-state index in [0.29, 0.717) is 36.2 Å². The molecule has 7 rings (SSSR count). The minimum atomic E-state index is -0.0919. The Balaban J connectivity index is 1.06. The minimum Gasteiger partial charge on any atom is -0.473 e. The average Bonchev–Trinajstić information content (AvgIpc) is 3.41. The van der Waals surface area contributed by atoms with Gasteiger partial charge in [0, 0.05) is 87.6 Å². The van der Waals surface area contributed by atoms with Crippen LogP contribution in [0.1, 0.15) is 30.5 Å². The molecule has 1 saturated carbocycles. The van der Waals surface area contributed by atoms with Gasteiger partial charge in [0.25, 0.3) is 0 Å². The van der Waals surface area contributed by atoms with Crippen molar-refractivity contribution in [3.63, 3.8) is 0 Å². The Hall–Kier alpha value is -5.24. The van der Waals surface area contributed by atoms with Crippen molar-refractivity contribution in [2.45, 2.75) is 45.3 Å². The second kappa shape index (κ2) is 12.5. The summed E-state index contributed by atoms with van der Waals surface area (Å²) in [7, 11) is 5.83. The summed E-state index contributed by atoms with van der Waals surface area (Å²) in [6.07, 6.45) is 8.52. The van der Waals surface area contributed by atoms with Crippen molar-refractivity contribution in [3.8, 4) is 17.1 Å². The topological polar surface area (TPSA) is 154 Å². The molecule has 0 radical (unpaired) electrons. The van der Waals surface area contributed by atoms with Crippen molar-refractivity contribution in [1.82, 2.24) is 39.6 Å². The number of benzene rings is 1. The Morgan fingerprint density at radius 2 is 1.96 bits per heavy atom. The van der Waals surface area contributed by atoms with Crippen molar-refractivity contribution in [2.24, 2.45) is 7.05 Å². The number of H-pyrrole nitrogens is 1. The van der Waals surface area contributed by atoms with E-state index in [4.69, 9.17) is 9.72 Å². The number of carbonyl (C=O) groups is 1. The van der Waals surface area contributed by atoms with Gasteiger partial charge in [0.2, 0.25) is 23.7 Å². The van der Waals surface area contributed by atoms with Crippen LogP contribution >= 0.6 is 0 Å². The van der Waals surface area contributed by atoms with Crippen LogP contribution in [0.4, 0.5) is 29.1 Å². The van der Waals surface area contributed by atoms with Gasteiger partial charge in [-0.25, -0.2) is 15.0 Å². The molecule has 244 valence electrons. The highest BCUT2D eigenvalue weighted by atomic mass is 16.5. The lowest BCUT2D eigenvalue weighted by Gasteiger charge is -2.21. The molecule has 14 heteroatoms. The molecular formula is C33H40N12O2. The van der Waals surface area contributed by atoms with E-state index in [1.807, 2.05) is 58.2 Å². The molecule has 2 fully saturated rings. The van der Waals surface area contributed by atoms with Crippen LogP contribution in [0.25, 0.3) is 22.2 Å². The van der Waals surface area contributed by atoms with Crippen LogP contribution in [-0.4, -0.2) is 91.4 Å². The molecule has 14 nitrogen and oxygen atoms in total. The van der Waals surface area contributed by atoms with Crippen LogP contribution in [0.5, 0.6) is 5.88 Å². The van der Waals surface area contributed by atoms with Gasteiger partial charge in [0.15, 0.2) is 5.82 Å². The van der Waals surface area contributed by atoms with Gasteiger partial charge >= 0.3 is 0 Å². The first-order valence-electron chi connectivity index (χ1n) is 15.9. The molecule has 1 saturated heterocycles. The molecule has 0 unspecified atom stereocenters. The number of carbonyl (C=O) groups excluding carboxylic acids is 1. The summed E-state index contributed by atoms with van der Waals surface area (Å²) in [5, 5.41) is 15.1. The summed E-state index contributed by atoms with van der Waals surface area (Å²) in [6.45, 7) is 5.63. The van der Waals surface area contributed by atoms with E-state index in [9.17, 15) is 4.79 Å². The first kappa shape index (κ1) is 30.4. The summed E-state index contributed by atoms with van der Waals surface area (Å²) >= 11 is 0. The first-order chi connectivity index (χ1) is 22.7. The van der Waals surface area contributed by atoms with Crippen molar-refractivity contribution in [3.05, 3.63) is 54.1 Å². The van der Waals surface area contributed by atoms with E-state index in [1.165, 1.54) is 0 Å². The number of hydrogen-bond acceptors (Lipinski definition) is 11. The highest BCUT2D eigenvalue weighted by Crippen LogP contribution is 2.38. The summed E-state index contributed by atoms with van der Waals surface area (Å²) in [5.74, 6) is 2.20. The second-order valence-corrected chi connectivity index (χ2v) is 12.6. The van der Waals surface area contributed by atoms with Gasteiger partial charge in [-0.15, -0.1) is 0 Å². The first-order valence-corrected chi connectivity index (χ1v) is 15.9. The van der Waals surface area contributed by atoms with Gasteiger partial charge in [-0.1, -0.05) is 0 Å². The maximum Gasteiger partial charge on any atom is 0.238 e. The van der Waals surface area contributed by atoms with Crippen molar-refractivity contribution < 1.29 is 9.53 Å². The molecule has 1 aliphatic carbocycles. The lowest BCUT2D eigenvalue weighted by atomic mass is 10.1. The molecule has 0 bridgehead atoms. The van der Waals surface area contributed by atoms with Crippen molar-refractivity contribution in [2.75, 3.05) is 54.6 Å². The number of rotatable bonds is 11. The molecule has 1 atom stereocenters. The van der Waals surface area contributed by atoms with Gasteiger partial charge < -0.3 is 30.6 Å². The van der Waals surface area contributed by atoms with Crippen LogP contribution in [0, 0.1) is 13.8 Å². The highest BCUT2D eigenvalue weighted by molar-refractivity contribution is 6.10. The average molecular weight is 637 g/mol. The predicted octanol–water partition coefficient (Wildman–Crippen LogP) is 4.24. The number of nitrogens with zero attached hydrogens (tertiary/aromatic N) is 8. The Labute approximate surface area is 273 Å². The van der Waals surface area contributed by atoms with Gasteiger partial charge in [-0.3, -0.25) is 14.4 Å². The normalized spacial score (nSPS) is 16.4. The predicted molar refractivity (Wildman–Crippen MR) is 182 cm³/mol. The van der Waals surface area contributed by atoms with Crippen LogP contribution in [0.3, 0.4) is 0 Å². The van der Waals surface area contributed by atoms with E-state index in [-0.39, 0.29) is 18.6 Å². The monoisotopic (exact) mass is 636 g/mol. The molecule has 1 aliphatic heterocycles. The van der Waals surface area contributed by atoms with Gasteiger partial charge in [0.1, 0.15) is 6.10 Å². The zero-order valence-corrected chi connectivity index (χ0v) is 27.3. The number of amides is 1.